The quantitative estimate of drug-likeness (QED) is 0.254. The molecule has 6 rings (SSSR count). The second kappa shape index (κ2) is 8.34. The third-order valence-electron chi connectivity index (χ3n) is 7.13. The predicted octanol–water partition coefficient (Wildman–Crippen LogP) is 7.73. The minimum atomic E-state index is -0.410. The van der Waals surface area contributed by atoms with Crippen LogP contribution < -0.4 is 0 Å². The van der Waals surface area contributed by atoms with Crippen molar-refractivity contribution in [1.82, 2.24) is 0 Å². The minimum Gasteiger partial charge on any atom is -0.307 e. The van der Waals surface area contributed by atoms with E-state index in [0.29, 0.717) is 0 Å². The van der Waals surface area contributed by atoms with Crippen molar-refractivity contribution in [1.29, 1.82) is 10.8 Å². The first-order valence-electron chi connectivity index (χ1n) is 11.8. The first-order chi connectivity index (χ1) is 17.2. The summed E-state index contributed by atoms with van der Waals surface area (Å²) < 4.78 is 0. The Morgan fingerprint density at radius 1 is 0.543 bits per heavy atom. The smallest absolute Gasteiger partial charge is 0.0787 e. The number of rotatable bonds is 5. The van der Waals surface area contributed by atoms with Gasteiger partial charge >= 0.3 is 0 Å². The van der Waals surface area contributed by atoms with Gasteiger partial charge in [0.2, 0.25) is 0 Å². The molecule has 0 fully saturated rings. The Labute approximate surface area is 205 Å². The van der Waals surface area contributed by atoms with Gasteiger partial charge in [0.15, 0.2) is 0 Å². The van der Waals surface area contributed by atoms with Crippen LogP contribution in [-0.2, 0) is 5.41 Å². The van der Waals surface area contributed by atoms with Gasteiger partial charge in [0, 0.05) is 11.8 Å². The third-order valence-corrected chi connectivity index (χ3v) is 7.13. The molecule has 0 amide bonds. The van der Waals surface area contributed by atoms with E-state index < -0.39 is 5.41 Å². The molecule has 0 radical (unpaired) electrons. The Bertz CT molecular complexity index is 1510. The van der Waals surface area contributed by atoms with Gasteiger partial charge in [-0.3, -0.25) is 5.41 Å². The Kier molecular flexibility index (Phi) is 5.00. The van der Waals surface area contributed by atoms with Crippen molar-refractivity contribution in [3.63, 3.8) is 0 Å². The summed E-state index contributed by atoms with van der Waals surface area (Å²) in [6.07, 6.45) is 1.08. The molecule has 2 nitrogen and oxygen atoms in total. The van der Waals surface area contributed by atoms with Gasteiger partial charge in [0.05, 0.1) is 11.1 Å². The minimum absolute atomic E-state index is 0.216. The molecular weight excluding hydrogens is 424 g/mol. The van der Waals surface area contributed by atoms with Crippen molar-refractivity contribution in [2.24, 2.45) is 0 Å². The molecule has 0 unspecified atom stereocenters. The van der Waals surface area contributed by atoms with Crippen LogP contribution in [0.1, 0.15) is 27.8 Å². The van der Waals surface area contributed by atoms with Gasteiger partial charge in [-0.05, 0) is 50.6 Å². The highest BCUT2D eigenvalue weighted by atomic mass is 14.5. The maximum Gasteiger partial charge on any atom is 0.0787 e. The molecule has 0 atom stereocenters. The van der Waals surface area contributed by atoms with Gasteiger partial charge in [-0.25, -0.2) is 0 Å². The van der Waals surface area contributed by atoms with Gasteiger partial charge in [-0.2, -0.15) is 0 Å². The SMILES string of the molecule is N=CC(=N)c1ccc(-c2ccc3c(c2)C(c2ccccc2)(c2ccccc2)c2ccccc2-3)cc1. The second-order valence-electron chi connectivity index (χ2n) is 8.92. The lowest BCUT2D eigenvalue weighted by Crippen LogP contribution is -2.28. The lowest BCUT2D eigenvalue weighted by molar-refractivity contribution is 0.769. The maximum absolute atomic E-state index is 7.93. The van der Waals surface area contributed by atoms with Crippen molar-refractivity contribution in [2.75, 3.05) is 0 Å². The Hall–Kier alpha value is -4.56. The van der Waals surface area contributed by atoms with Crippen LogP contribution in [-0.4, -0.2) is 11.9 Å². The van der Waals surface area contributed by atoms with E-state index in [1.807, 2.05) is 24.3 Å². The van der Waals surface area contributed by atoms with E-state index in [1.54, 1.807) is 0 Å². The van der Waals surface area contributed by atoms with E-state index in [1.165, 1.54) is 33.4 Å². The van der Waals surface area contributed by atoms with Gasteiger partial charge in [0.1, 0.15) is 0 Å². The zero-order chi connectivity index (χ0) is 23.8. The lowest BCUT2D eigenvalue weighted by atomic mass is 9.67. The summed E-state index contributed by atoms with van der Waals surface area (Å²) in [7, 11) is 0. The molecule has 0 saturated carbocycles. The summed E-state index contributed by atoms with van der Waals surface area (Å²) in [6, 6.07) is 45.1. The fourth-order valence-corrected chi connectivity index (χ4v) is 5.55. The molecule has 166 valence electrons. The second-order valence-corrected chi connectivity index (χ2v) is 8.92. The molecule has 0 spiro atoms. The van der Waals surface area contributed by atoms with E-state index >= 15 is 0 Å². The highest BCUT2D eigenvalue weighted by Crippen LogP contribution is 2.56. The van der Waals surface area contributed by atoms with Gasteiger partial charge < -0.3 is 5.41 Å². The highest BCUT2D eigenvalue weighted by molar-refractivity contribution is 6.35. The van der Waals surface area contributed by atoms with E-state index in [4.69, 9.17) is 10.8 Å². The largest absolute Gasteiger partial charge is 0.307 e. The Morgan fingerprint density at radius 2 is 1.09 bits per heavy atom. The molecule has 5 aromatic rings. The molecule has 0 aliphatic heterocycles. The van der Waals surface area contributed by atoms with Crippen molar-refractivity contribution < 1.29 is 0 Å². The highest BCUT2D eigenvalue weighted by Gasteiger charge is 2.45. The molecule has 1 aliphatic rings. The van der Waals surface area contributed by atoms with Gasteiger partial charge in [-0.15, -0.1) is 0 Å². The Morgan fingerprint density at radius 3 is 1.71 bits per heavy atom. The van der Waals surface area contributed by atoms with Crippen LogP contribution >= 0.6 is 0 Å². The first-order valence-corrected chi connectivity index (χ1v) is 11.8. The molecule has 2 heteroatoms. The number of hydrogen-bond donors (Lipinski definition) is 2. The monoisotopic (exact) mass is 448 g/mol. The van der Waals surface area contributed by atoms with Crippen LogP contribution in [0.5, 0.6) is 0 Å². The molecular formula is C33H24N2. The molecule has 0 aromatic heterocycles. The zero-order valence-electron chi connectivity index (χ0n) is 19.2. The number of fused-ring (bicyclic) bond motifs is 3. The summed E-state index contributed by atoms with van der Waals surface area (Å²) in [5.41, 5.74) is 10.4. The average Bonchev–Trinajstić information content (AvgIpc) is 3.24. The summed E-state index contributed by atoms with van der Waals surface area (Å²) in [4.78, 5) is 0. The molecule has 1 aliphatic carbocycles. The lowest BCUT2D eigenvalue weighted by Gasteiger charge is -2.34. The van der Waals surface area contributed by atoms with E-state index in [2.05, 4.69) is 103 Å². The fourth-order valence-electron chi connectivity index (χ4n) is 5.55. The number of benzene rings is 5. The number of hydrogen-bond acceptors (Lipinski definition) is 2. The summed E-state index contributed by atoms with van der Waals surface area (Å²) >= 11 is 0. The van der Waals surface area contributed by atoms with Gasteiger partial charge in [0.25, 0.3) is 0 Å². The van der Waals surface area contributed by atoms with Crippen LogP contribution in [0.4, 0.5) is 0 Å². The third kappa shape index (κ3) is 3.18. The van der Waals surface area contributed by atoms with Crippen LogP contribution in [0.15, 0.2) is 127 Å². The summed E-state index contributed by atoms with van der Waals surface area (Å²) in [5, 5.41) is 15.3. The summed E-state index contributed by atoms with van der Waals surface area (Å²) in [6.45, 7) is 0. The molecule has 35 heavy (non-hydrogen) atoms. The van der Waals surface area contributed by atoms with E-state index in [9.17, 15) is 0 Å². The van der Waals surface area contributed by atoms with E-state index in [0.717, 1.165) is 22.9 Å². The topological polar surface area (TPSA) is 47.7 Å². The van der Waals surface area contributed by atoms with Crippen molar-refractivity contribution in [3.05, 3.63) is 155 Å². The van der Waals surface area contributed by atoms with Crippen LogP contribution in [0.3, 0.4) is 0 Å². The number of nitrogens with one attached hydrogen (secondary N) is 2. The molecule has 0 bridgehead atoms. The van der Waals surface area contributed by atoms with Crippen LogP contribution in [0.25, 0.3) is 22.3 Å². The normalized spacial score (nSPS) is 13.0. The molecule has 2 N–H and O–H groups in total. The molecule has 0 heterocycles. The average molecular weight is 449 g/mol. The maximum atomic E-state index is 7.93. The standard InChI is InChI=1S/C33H24N2/c34-22-32(35)24-17-15-23(16-18-24)25-19-20-29-28-13-7-8-14-30(28)33(31(29)21-25,26-9-3-1-4-10-26)27-11-5-2-6-12-27/h1-22,34-35H. The van der Waals surface area contributed by atoms with Crippen molar-refractivity contribution >= 4 is 11.9 Å². The van der Waals surface area contributed by atoms with Crippen LogP contribution in [0.2, 0.25) is 0 Å². The van der Waals surface area contributed by atoms with Crippen LogP contribution in [0, 0.1) is 10.8 Å². The Balaban J connectivity index is 1.64. The zero-order valence-corrected chi connectivity index (χ0v) is 19.2. The molecule has 5 aromatic carbocycles. The fraction of sp³-hybridized carbons (Fsp3) is 0.0303. The summed E-state index contributed by atoms with van der Waals surface area (Å²) in [5.74, 6) is 0. The predicted molar refractivity (Wildman–Crippen MR) is 145 cm³/mol. The van der Waals surface area contributed by atoms with Crippen molar-refractivity contribution in [3.8, 4) is 22.3 Å². The van der Waals surface area contributed by atoms with Gasteiger partial charge in [-0.1, -0.05) is 121 Å². The molecule has 0 saturated heterocycles. The van der Waals surface area contributed by atoms with E-state index in [-0.39, 0.29) is 5.71 Å². The van der Waals surface area contributed by atoms with Crippen molar-refractivity contribution in [2.45, 2.75) is 5.41 Å². The first kappa shape index (κ1) is 21.0.